The molecule has 1 saturated carbocycles. The number of aliphatic hydroxyl groups excluding tert-OH is 1. The van der Waals surface area contributed by atoms with E-state index in [1.165, 1.54) is 6.42 Å². The fourth-order valence-electron chi connectivity index (χ4n) is 3.39. The summed E-state index contributed by atoms with van der Waals surface area (Å²) in [5, 5.41) is 18.6. The van der Waals surface area contributed by atoms with Crippen molar-refractivity contribution < 1.29 is 14.4 Å². The van der Waals surface area contributed by atoms with Crippen LogP contribution in [0.5, 0.6) is 0 Å². The maximum Gasteiger partial charge on any atom is 0.223 e. The van der Waals surface area contributed by atoms with Gasteiger partial charge in [0.2, 0.25) is 5.89 Å². The van der Waals surface area contributed by atoms with Crippen LogP contribution in [0.4, 0.5) is 0 Å². The van der Waals surface area contributed by atoms with Gasteiger partial charge in [-0.15, -0.1) is 0 Å². The van der Waals surface area contributed by atoms with Crippen molar-refractivity contribution in [3.63, 3.8) is 0 Å². The Morgan fingerprint density at radius 1 is 1.27 bits per heavy atom. The van der Waals surface area contributed by atoms with Crippen LogP contribution in [0.25, 0.3) is 0 Å². The van der Waals surface area contributed by atoms with Crippen LogP contribution in [0.15, 0.2) is 28.8 Å². The summed E-state index contributed by atoms with van der Waals surface area (Å²) >= 11 is 5.87. The van der Waals surface area contributed by atoms with Gasteiger partial charge in [0, 0.05) is 18.5 Å². The van der Waals surface area contributed by atoms with Gasteiger partial charge in [0.25, 0.3) is 0 Å². The van der Waals surface area contributed by atoms with Crippen molar-refractivity contribution in [3.8, 4) is 0 Å². The molecular formula is C19H26ClN3O3. The number of benzene rings is 1. The Hall–Kier alpha value is -1.47. The second-order valence-corrected chi connectivity index (χ2v) is 7.39. The largest absolute Gasteiger partial charge is 0.389 e. The number of halogens is 1. The van der Waals surface area contributed by atoms with E-state index in [0.29, 0.717) is 29.9 Å². The lowest BCUT2D eigenvalue weighted by Gasteiger charge is -2.36. The second kappa shape index (κ2) is 8.95. The number of aliphatic hydroxyl groups is 1. The van der Waals surface area contributed by atoms with E-state index in [1.807, 2.05) is 24.3 Å². The number of nitrogens with zero attached hydrogens (tertiary/aromatic N) is 2. The molecule has 6 nitrogen and oxygen atoms in total. The quantitative estimate of drug-likeness (QED) is 0.732. The first-order valence-corrected chi connectivity index (χ1v) is 9.51. The predicted octanol–water partition coefficient (Wildman–Crippen LogP) is 3.36. The lowest BCUT2D eigenvalue weighted by molar-refractivity contribution is 0.0221. The summed E-state index contributed by atoms with van der Waals surface area (Å²) in [6, 6.07) is 7.50. The Kier molecular flexibility index (Phi) is 6.64. The molecule has 0 radical (unpaired) electrons. The second-order valence-electron chi connectivity index (χ2n) is 6.96. The molecule has 0 amide bonds. The van der Waals surface area contributed by atoms with Crippen LogP contribution in [0.1, 0.15) is 49.4 Å². The molecule has 3 rings (SSSR count). The minimum absolute atomic E-state index is 0.261. The third-order valence-corrected chi connectivity index (χ3v) is 5.08. The number of rotatable bonds is 8. The van der Waals surface area contributed by atoms with Gasteiger partial charge in [-0.3, -0.25) is 0 Å². The van der Waals surface area contributed by atoms with Gasteiger partial charge < -0.3 is 19.7 Å². The fourth-order valence-corrected chi connectivity index (χ4v) is 3.52. The highest BCUT2D eigenvalue weighted by atomic mass is 35.5. The lowest BCUT2D eigenvalue weighted by atomic mass is 9.81. The first-order valence-electron chi connectivity index (χ1n) is 9.13. The molecule has 2 N–H and O–H groups in total. The van der Waals surface area contributed by atoms with E-state index in [0.717, 1.165) is 31.2 Å². The molecule has 1 unspecified atom stereocenters. The molecule has 1 aliphatic carbocycles. The molecule has 0 spiro atoms. The van der Waals surface area contributed by atoms with Crippen molar-refractivity contribution in [2.45, 2.75) is 57.3 Å². The van der Waals surface area contributed by atoms with Crippen molar-refractivity contribution >= 4 is 11.6 Å². The average molecular weight is 380 g/mol. The van der Waals surface area contributed by atoms with Gasteiger partial charge in [0.05, 0.1) is 24.9 Å². The molecular weight excluding hydrogens is 354 g/mol. The summed E-state index contributed by atoms with van der Waals surface area (Å²) in [5.41, 5.74) is 0.716. The minimum Gasteiger partial charge on any atom is -0.389 e. The summed E-state index contributed by atoms with van der Waals surface area (Å²) < 4.78 is 10.8. The summed E-state index contributed by atoms with van der Waals surface area (Å²) in [5.74, 6) is 1.27. The third-order valence-electron chi connectivity index (χ3n) is 4.83. The average Bonchev–Trinajstić information content (AvgIpc) is 3.10. The monoisotopic (exact) mass is 379 g/mol. The van der Waals surface area contributed by atoms with E-state index in [-0.39, 0.29) is 12.1 Å². The Labute approximate surface area is 158 Å². The zero-order chi connectivity index (χ0) is 18.4. The zero-order valence-corrected chi connectivity index (χ0v) is 15.8. The summed E-state index contributed by atoms with van der Waals surface area (Å²) in [6.45, 7) is 2.93. The molecule has 1 aliphatic rings. The van der Waals surface area contributed by atoms with Crippen molar-refractivity contribution in [2.75, 3.05) is 13.2 Å². The van der Waals surface area contributed by atoms with Gasteiger partial charge >= 0.3 is 0 Å². The van der Waals surface area contributed by atoms with E-state index in [4.69, 9.17) is 20.9 Å². The van der Waals surface area contributed by atoms with Crippen LogP contribution in [-0.2, 0) is 16.9 Å². The molecule has 0 bridgehead atoms. The molecule has 2 aromatic rings. The Bertz CT molecular complexity index is 684. The van der Waals surface area contributed by atoms with Gasteiger partial charge in [-0.25, -0.2) is 0 Å². The Balaban J connectivity index is 1.49. The number of hydrogen-bond acceptors (Lipinski definition) is 6. The molecule has 26 heavy (non-hydrogen) atoms. The normalized spacial score (nSPS) is 18.0. The third kappa shape index (κ3) is 5.04. The highest BCUT2D eigenvalue weighted by Crippen LogP contribution is 2.35. The number of aromatic nitrogens is 2. The van der Waals surface area contributed by atoms with Gasteiger partial charge in [0.1, 0.15) is 0 Å². The van der Waals surface area contributed by atoms with Crippen LogP contribution in [0, 0.1) is 6.92 Å². The van der Waals surface area contributed by atoms with Gasteiger partial charge in [-0.2, -0.15) is 4.98 Å². The minimum atomic E-state index is -0.603. The van der Waals surface area contributed by atoms with Crippen LogP contribution in [-0.4, -0.2) is 34.5 Å². The van der Waals surface area contributed by atoms with Crippen molar-refractivity contribution in [1.29, 1.82) is 0 Å². The molecule has 7 heteroatoms. The van der Waals surface area contributed by atoms with E-state index >= 15 is 0 Å². The molecule has 1 heterocycles. The summed E-state index contributed by atoms with van der Waals surface area (Å²) in [7, 11) is 0. The van der Waals surface area contributed by atoms with Crippen molar-refractivity contribution in [3.05, 3.63) is 46.6 Å². The van der Waals surface area contributed by atoms with Crippen molar-refractivity contribution in [1.82, 2.24) is 15.5 Å². The summed E-state index contributed by atoms with van der Waals surface area (Å²) in [6.07, 6.45) is 4.74. The number of hydrogen-bond donors (Lipinski definition) is 2. The maximum absolute atomic E-state index is 10.3. The van der Waals surface area contributed by atoms with E-state index in [9.17, 15) is 5.11 Å². The smallest absolute Gasteiger partial charge is 0.223 e. The SMILES string of the molecule is Cc1nc(C2(NCC(O)COCc3ccc(Cl)cc3)CCCCC2)no1. The first-order chi connectivity index (χ1) is 12.6. The van der Waals surface area contributed by atoms with Crippen LogP contribution >= 0.6 is 11.6 Å². The van der Waals surface area contributed by atoms with Crippen LogP contribution in [0.3, 0.4) is 0 Å². The first kappa shape index (κ1) is 19.3. The topological polar surface area (TPSA) is 80.4 Å². The number of aryl methyl sites for hydroxylation is 1. The van der Waals surface area contributed by atoms with Gasteiger partial charge in [0.15, 0.2) is 5.82 Å². The lowest BCUT2D eigenvalue weighted by Crippen LogP contribution is -2.48. The molecule has 0 saturated heterocycles. The zero-order valence-electron chi connectivity index (χ0n) is 15.1. The van der Waals surface area contributed by atoms with E-state index in [2.05, 4.69) is 15.5 Å². The Morgan fingerprint density at radius 2 is 2.00 bits per heavy atom. The maximum atomic E-state index is 10.3. The number of ether oxygens (including phenoxy) is 1. The van der Waals surface area contributed by atoms with Gasteiger partial charge in [-0.1, -0.05) is 48.2 Å². The molecule has 1 fully saturated rings. The molecule has 142 valence electrons. The fraction of sp³-hybridized carbons (Fsp3) is 0.579. The van der Waals surface area contributed by atoms with Crippen LogP contribution in [0.2, 0.25) is 5.02 Å². The molecule has 0 aliphatic heterocycles. The van der Waals surface area contributed by atoms with Crippen LogP contribution < -0.4 is 5.32 Å². The standard InChI is InChI=1S/C19H26ClN3O3/c1-14-22-18(23-26-14)19(9-3-2-4-10-19)21-11-17(24)13-25-12-15-5-7-16(20)8-6-15/h5-8,17,21,24H,2-4,9-13H2,1H3. The predicted molar refractivity (Wildman–Crippen MR) is 98.9 cm³/mol. The highest BCUT2D eigenvalue weighted by Gasteiger charge is 2.38. The highest BCUT2D eigenvalue weighted by molar-refractivity contribution is 6.30. The van der Waals surface area contributed by atoms with Gasteiger partial charge in [-0.05, 0) is 30.5 Å². The van der Waals surface area contributed by atoms with Crippen molar-refractivity contribution in [2.24, 2.45) is 0 Å². The molecule has 1 aromatic heterocycles. The van der Waals surface area contributed by atoms with E-state index in [1.54, 1.807) is 6.92 Å². The Morgan fingerprint density at radius 3 is 2.65 bits per heavy atom. The molecule has 1 atom stereocenters. The molecule has 1 aromatic carbocycles. The summed E-state index contributed by atoms with van der Waals surface area (Å²) in [4.78, 5) is 4.43. The number of nitrogens with one attached hydrogen (secondary N) is 1. The van der Waals surface area contributed by atoms with E-state index < -0.39 is 6.10 Å².